The quantitative estimate of drug-likeness (QED) is 0.300. The van der Waals surface area contributed by atoms with Crippen molar-refractivity contribution in [1.82, 2.24) is 19.9 Å². The SMILES string of the molecule is Fc1ncc(-c2ccsc2)cn1.O=C(O)c1cccc(Nc2ncc(-c3ccsc3)cn2)c1. The largest absolute Gasteiger partial charge is 0.478 e. The van der Waals surface area contributed by atoms with Crippen LogP contribution in [0.2, 0.25) is 0 Å². The van der Waals surface area contributed by atoms with Crippen molar-refractivity contribution >= 4 is 40.3 Å². The van der Waals surface area contributed by atoms with Crippen molar-refractivity contribution in [3.8, 4) is 22.3 Å². The summed E-state index contributed by atoms with van der Waals surface area (Å²) in [4.78, 5) is 26.3. The Kier molecular flexibility index (Phi) is 7.08. The van der Waals surface area contributed by atoms with Crippen LogP contribution >= 0.6 is 22.7 Å². The van der Waals surface area contributed by atoms with Crippen molar-refractivity contribution in [2.45, 2.75) is 0 Å². The molecular weight excluding hydrogens is 461 g/mol. The lowest BCUT2D eigenvalue weighted by molar-refractivity contribution is 0.0697. The van der Waals surface area contributed by atoms with Gasteiger partial charge in [-0.2, -0.15) is 27.1 Å². The molecule has 4 heterocycles. The molecule has 164 valence electrons. The maximum Gasteiger partial charge on any atom is 0.335 e. The number of benzene rings is 1. The van der Waals surface area contributed by atoms with Crippen LogP contribution in [0.1, 0.15) is 10.4 Å². The fourth-order valence-corrected chi connectivity index (χ4v) is 4.05. The number of aromatic nitrogens is 4. The van der Waals surface area contributed by atoms with E-state index in [1.165, 1.54) is 18.5 Å². The Morgan fingerprint density at radius 2 is 1.39 bits per heavy atom. The van der Waals surface area contributed by atoms with E-state index in [2.05, 4.69) is 25.3 Å². The van der Waals surface area contributed by atoms with Crippen LogP contribution in [0.3, 0.4) is 0 Å². The van der Waals surface area contributed by atoms with E-state index in [-0.39, 0.29) is 5.56 Å². The minimum Gasteiger partial charge on any atom is -0.478 e. The van der Waals surface area contributed by atoms with E-state index in [1.54, 1.807) is 53.3 Å². The molecule has 0 amide bonds. The van der Waals surface area contributed by atoms with Gasteiger partial charge in [0.1, 0.15) is 0 Å². The lowest BCUT2D eigenvalue weighted by atomic mass is 10.2. The van der Waals surface area contributed by atoms with Gasteiger partial charge in [-0.1, -0.05) is 6.07 Å². The topological polar surface area (TPSA) is 101 Å². The molecule has 0 aliphatic heterocycles. The summed E-state index contributed by atoms with van der Waals surface area (Å²) in [6.07, 6.45) is 5.74. The number of halogens is 1. The highest BCUT2D eigenvalue weighted by atomic mass is 32.1. The van der Waals surface area contributed by atoms with Crippen LogP contribution in [0.15, 0.2) is 82.7 Å². The Morgan fingerprint density at radius 1 is 0.818 bits per heavy atom. The number of hydrogen-bond acceptors (Lipinski definition) is 8. The third-order valence-electron chi connectivity index (χ3n) is 4.35. The monoisotopic (exact) mass is 477 g/mol. The Hall–Kier alpha value is -4.02. The Balaban J connectivity index is 0.000000183. The minimum absolute atomic E-state index is 0.217. The third-order valence-corrected chi connectivity index (χ3v) is 5.71. The van der Waals surface area contributed by atoms with E-state index in [4.69, 9.17) is 5.11 Å². The number of nitrogens with one attached hydrogen (secondary N) is 1. The average Bonchev–Trinajstić information content (AvgIpc) is 3.56. The minimum atomic E-state index is -0.965. The zero-order valence-corrected chi connectivity index (χ0v) is 18.6. The molecule has 0 saturated heterocycles. The van der Waals surface area contributed by atoms with Crippen molar-refractivity contribution in [3.63, 3.8) is 0 Å². The summed E-state index contributed by atoms with van der Waals surface area (Å²) in [6.45, 7) is 0. The summed E-state index contributed by atoms with van der Waals surface area (Å²) in [5, 5.41) is 19.9. The second-order valence-electron chi connectivity index (χ2n) is 6.57. The molecule has 0 fully saturated rings. The van der Waals surface area contributed by atoms with Gasteiger partial charge >= 0.3 is 12.0 Å². The van der Waals surface area contributed by atoms with E-state index in [0.717, 1.165) is 22.3 Å². The number of hydrogen-bond donors (Lipinski definition) is 2. The maximum absolute atomic E-state index is 12.3. The van der Waals surface area contributed by atoms with Crippen LogP contribution in [0.25, 0.3) is 22.3 Å². The van der Waals surface area contributed by atoms with Gasteiger partial charge in [-0.3, -0.25) is 0 Å². The Bertz CT molecular complexity index is 1310. The summed E-state index contributed by atoms with van der Waals surface area (Å²) in [5.41, 5.74) is 4.76. The molecule has 0 saturated carbocycles. The van der Waals surface area contributed by atoms with Gasteiger partial charge in [-0.15, -0.1) is 0 Å². The van der Waals surface area contributed by atoms with Gasteiger partial charge in [0.2, 0.25) is 5.95 Å². The van der Waals surface area contributed by atoms with E-state index in [9.17, 15) is 9.18 Å². The van der Waals surface area contributed by atoms with Crippen molar-refractivity contribution in [3.05, 3.63) is 94.3 Å². The first kappa shape index (κ1) is 22.2. The van der Waals surface area contributed by atoms with Gasteiger partial charge < -0.3 is 10.4 Å². The predicted octanol–water partition coefficient (Wildman–Crippen LogP) is 5.99. The summed E-state index contributed by atoms with van der Waals surface area (Å²) in [7, 11) is 0. The zero-order valence-electron chi connectivity index (χ0n) is 16.9. The summed E-state index contributed by atoms with van der Waals surface area (Å²) >= 11 is 3.21. The van der Waals surface area contributed by atoms with E-state index in [1.807, 2.05) is 33.7 Å². The van der Waals surface area contributed by atoms with Crippen LogP contribution in [-0.4, -0.2) is 31.0 Å². The van der Waals surface area contributed by atoms with Crippen LogP contribution in [0, 0.1) is 6.08 Å². The molecule has 1 aromatic carbocycles. The number of carboxylic acids is 1. The van der Waals surface area contributed by atoms with Crippen molar-refractivity contribution in [1.29, 1.82) is 0 Å². The molecule has 0 atom stereocenters. The van der Waals surface area contributed by atoms with Gasteiger partial charge in [0.25, 0.3) is 0 Å². The van der Waals surface area contributed by atoms with Gasteiger partial charge in [-0.05, 0) is 63.0 Å². The average molecular weight is 478 g/mol. The first-order valence-corrected chi connectivity index (χ1v) is 11.4. The maximum atomic E-state index is 12.3. The predicted molar refractivity (Wildman–Crippen MR) is 127 cm³/mol. The standard InChI is InChI=1S/C15H11N3O2S.C8H5FN2S/c19-14(20)10-2-1-3-13(6-10)18-15-16-7-12(8-17-15)11-4-5-21-9-11;9-8-10-3-7(4-11-8)6-1-2-12-5-6/h1-9H,(H,19,20)(H,16,17,18);1-5H. The molecule has 10 heteroatoms. The third kappa shape index (κ3) is 6.03. The van der Waals surface area contributed by atoms with Crippen LogP contribution < -0.4 is 5.32 Å². The molecule has 0 spiro atoms. The summed E-state index contributed by atoms with van der Waals surface area (Å²) in [6, 6.07) is 10.5. The molecule has 4 aromatic heterocycles. The fraction of sp³-hybridized carbons (Fsp3) is 0. The Labute approximate surface area is 196 Å². The molecule has 7 nitrogen and oxygen atoms in total. The molecule has 5 rings (SSSR count). The molecule has 33 heavy (non-hydrogen) atoms. The fourth-order valence-electron chi connectivity index (χ4n) is 2.72. The first-order chi connectivity index (χ1) is 16.1. The lowest BCUT2D eigenvalue weighted by Crippen LogP contribution is -2.00. The normalized spacial score (nSPS) is 10.2. The van der Waals surface area contributed by atoms with Crippen molar-refractivity contribution in [2.24, 2.45) is 0 Å². The van der Waals surface area contributed by atoms with Crippen LogP contribution in [0.5, 0.6) is 0 Å². The smallest absolute Gasteiger partial charge is 0.335 e. The first-order valence-electron chi connectivity index (χ1n) is 9.53. The molecule has 0 bridgehead atoms. The number of thiophene rings is 2. The highest BCUT2D eigenvalue weighted by molar-refractivity contribution is 7.08. The zero-order chi connectivity index (χ0) is 23.0. The van der Waals surface area contributed by atoms with Gasteiger partial charge in [0, 0.05) is 41.6 Å². The number of carbonyl (C=O) groups is 1. The molecule has 0 aliphatic rings. The van der Waals surface area contributed by atoms with E-state index >= 15 is 0 Å². The van der Waals surface area contributed by atoms with Crippen molar-refractivity contribution < 1.29 is 14.3 Å². The Morgan fingerprint density at radius 3 is 1.91 bits per heavy atom. The molecule has 0 aliphatic carbocycles. The van der Waals surface area contributed by atoms with E-state index < -0.39 is 12.0 Å². The summed E-state index contributed by atoms with van der Waals surface area (Å²) in [5.74, 6) is -0.538. The second-order valence-corrected chi connectivity index (χ2v) is 8.13. The highest BCUT2D eigenvalue weighted by Crippen LogP contribution is 2.22. The molecule has 5 aromatic rings. The number of carboxylic acid groups (broad SMARTS) is 1. The van der Waals surface area contributed by atoms with Gasteiger partial charge in [0.05, 0.1) is 5.56 Å². The van der Waals surface area contributed by atoms with Crippen LogP contribution in [-0.2, 0) is 0 Å². The van der Waals surface area contributed by atoms with Crippen molar-refractivity contribution in [2.75, 3.05) is 5.32 Å². The van der Waals surface area contributed by atoms with Crippen LogP contribution in [0.4, 0.5) is 16.0 Å². The number of aromatic carboxylic acids is 1. The lowest BCUT2D eigenvalue weighted by Gasteiger charge is -2.06. The van der Waals surface area contributed by atoms with Gasteiger partial charge in [-0.25, -0.2) is 24.7 Å². The number of anilines is 2. The highest BCUT2D eigenvalue weighted by Gasteiger charge is 2.05. The molecule has 0 unspecified atom stereocenters. The molecular formula is C23H16FN5O2S2. The number of nitrogens with zero attached hydrogens (tertiary/aromatic N) is 4. The second kappa shape index (κ2) is 10.5. The molecule has 2 N–H and O–H groups in total. The molecule has 0 radical (unpaired) electrons. The number of rotatable bonds is 5. The summed E-state index contributed by atoms with van der Waals surface area (Å²) < 4.78 is 12.3. The van der Waals surface area contributed by atoms with E-state index in [0.29, 0.717) is 11.6 Å². The van der Waals surface area contributed by atoms with Gasteiger partial charge in [0.15, 0.2) is 0 Å².